The van der Waals surface area contributed by atoms with Crippen LogP contribution in [0.3, 0.4) is 0 Å². The van der Waals surface area contributed by atoms with Crippen LogP contribution in [-0.4, -0.2) is 19.0 Å². The predicted octanol–water partition coefficient (Wildman–Crippen LogP) is 3.32. The third kappa shape index (κ3) is 3.55. The first-order chi connectivity index (χ1) is 10.1. The van der Waals surface area contributed by atoms with E-state index in [1.54, 1.807) is 18.2 Å². The van der Waals surface area contributed by atoms with E-state index < -0.39 is 0 Å². The molecular formula is C16H20ClN3O. The van der Waals surface area contributed by atoms with Gasteiger partial charge in [-0.2, -0.15) is 5.26 Å². The van der Waals surface area contributed by atoms with Gasteiger partial charge in [0.05, 0.1) is 16.7 Å². The molecule has 1 saturated heterocycles. The highest BCUT2D eigenvalue weighted by Crippen LogP contribution is 2.33. The van der Waals surface area contributed by atoms with E-state index in [1.165, 1.54) is 0 Å². The van der Waals surface area contributed by atoms with Gasteiger partial charge in [-0.05, 0) is 44.0 Å². The Morgan fingerprint density at radius 1 is 1.57 bits per heavy atom. The summed E-state index contributed by atoms with van der Waals surface area (Å²) in [6.45, 7) is 3.73. The Morgan fingerprint density at radius 2 is 2.38 bits per heavy atom. The molecule has 1 amide bonds. The van der Waals surface area contributed by atoms with Crippen LogP contribution >= 0.6 is 11.6 Å². The number of carbonyl (C=O) groups is 1. The Kier molecular flexibility index (Phi) is 5.22. The summed E-state index contributed by atoms with van der Waals surface area (Å²) in [5.74, 6) is -0.0182. The SMILES string of the molecule is CCCC1(C(=O)Nc2cc(Cl)ccc2C#N)CCCNC1. The minimum Gasteiger partial charge on any atom is -0.324 e. The first kappa shape index (κ1) is 15.8. The van der Waals surface area contributed by atoms with Gasteiger partial charge < -0.3 is 10.6 Å². The van der Waals surface area contributed by atoms with E-state index in [4.69, 9.17) is 16.9 Å². The summed E-state index contributed by atoms with van der Waals surface area (Å²) >= 11 is 5.97. The number of nitrogens with one attached hydrogen (secondary N) is 2. The lowest BCUT2D eigenvalue weighted by Gasteiger charge is -2.36. The van der Waals surface area contributed by atoms with Crippen molar-refractivity contribution in [3.05, 3.63) is 28.8 Å². The molecule has 1 aliphatic rings. The Morgan fingerprint density at radius 3 is 3.00 bits per heavy atom. The van der Waals surface area contributed by atoms with Crippen LogP contribution in [0.2, 0.25) is 5.02 Å². The molecule has 1 aliphatic heterocycles. The van der Waals surface area contributed by atoms with Crippen LogP contribution in [-0.2, 0) is 4.79 Å². The van der Waals surface area contributed by atoms with Crippen molar-refractivity contribution in [1.29, 1.82) is 5.26 Å². The van der Waals surface area contributed by atoms with Crippen molar-refractivity contribution in [2.75, 3.05) is 18.4 Å². The second kappa shape index (κ2) is 6.93. The highest BCUT2D eigenvalue weighted by molar-refractivity contribution is 6.31. The molecule has 0 radical (unpaired) electrons. The number of amides is 1. The molecular weight excluding hydrogens is 286 g/mol. The van der Waals surface area contributed by atoms with Crippen LogP contribution in [0.4, 0.5) is 5.69 Å². The molecule has 0 aliphatic carbocycles. The fourth-order valence-electron chi connectivity index (χ4n) is 2.94. The number of hydrogen-bond donors (Lipinski definition) is 2. The first-order valence-electron chi connectivity index (χ1n) is 7.33. The quantitative estimate of drug-likeness (QED) is 0.897. The molecule has 1 heterocycles. The van der Waals surface area contributed by atoms with Gasteiger partial charge in [0.1, 0.15) is 6.07 Å². The molecule has 0 bridgehead atoms. The molecule has 1 fully saturated rings. The Hall–Kier alpha value is -1.57. The van der Waals surface area contributed by atoms with Gasteiger partial charge in [-0.15, -0.1) is 0 Å². The number of rotatable bonds is 4. The molecule has 1 unspecified atom stereocenters. The zero-order valence-corrected chi connectivity index (χ0v) is 13.0. The van der Waals surface area contributed by atoms with Crippen molar-refractivity contribution in [2.45, 2.75) is 32.6 Å². The van der Waals surface area contributed by atoms with Crippen molar-refractivity contribution in [1.82, 2.24) is 5.32 Å². The number of halogens is 1. The lowest BCUT2D eigenvalue weighted by molar-refractivity contribution is -0.127. The van der Waals surface area contributed by atoms with Gasteiger partial charge in [-0.1, -0.05) is 24.9 Å². The highest BCUT2D eigenvalue weighted by atomic mass is 35.5. The van der Waals surface area contributed by atoms with E-state index in [1.807, 2.05) is 0 Å². The summed E-state index contributed by atoms with van der Waals surface area (Å²) in [4.78, 5) is 12.8. The molecule has 1 aromatic carbocycles. The summed E-state index contributed by atoms with van der Waals surface area (Å²) in [6, 6.07) is 7.00. The largest absolute Gasteiger partial charge is 0.324 e. The highest BCUT2D eigenvalue weighted by Gasteiger charge is 2.38. The second-order valence-corrected chi connectivity index (χ2v) is 6.00. The van der Waals surface area contributed by atoms with Gasteiger partial charge in [0.15, 0.2) is 0 Å². The van der Waals surface area contributed by atoms with Crippen LogP contribution in [0.15, 0.2) is 18.2 Å². The predicted molar refractivity (Wildman–Crippen MR) is 84.2 cm³/mol. The molecule has 2 N–H and O–H groups in total. The fraction of sp³-hybridized carbons (Fsp3) is 0.500. The summed E-state index contributed by atoms with van der Waals surface area (Å²) in [5.41, 5.74) is 0.543. The van der Waals surface area contributed by atoms with Crippen molar-refractivity contribution >= 4 is 23.2 Å². The molecule has 21 heavy (non-hydrogen) atoms. The maximum absolute atomic E-state index is 12.8. The molecule has 1 atom stereocenters. The van der Waals surface area contributed by atoms with Gasteiger partial charge in [0.2, 0.25) is 5.91 Å². The van der Waals surface area contributed by atoms with Gasteiger partial charge in [-0.3, -0.25) is 4.79 Å². The lowest BCUT2D eigenvalue weighted by Crippen LogP contribution is -2.48. The minimum absolute atomic E-state index is 0.0182. The van der Waals surface area contributed by atoms with Gasteiger partial charge in [0, 0.05) is 11.6 Å². The van der Waals surface area contributed by atoms with Crippen molar-refractivity contribution in [3.8, 4) is 6.07 Å². The van der Waals surface area contributed by atoms with E-state index in [0.717, 1.165) is 32.2 Å². The van der Waals surface area contributed by atoms with E-state index in [9.17, 15) is 4.79 Å². The number of anilines is 1. The second-order valence-electron chi connectivity index (χ2n) is 5.57. The zero-order chi connectivity index (χ0) is 15.3. The van der Waals surface area contributed by atoms with Gasteiger partial charge >= 0.3 is 0 Å². The number of carbonyl (C=O) groups excluding carboxylic acids is 1. The van der Waals surface area contributed by atoms with Crippen molar-refractivity contribution < 1.29 is 4.79 Å². The normalized spacial score (nSPS) is 21.6. The number of nitrogens with zero attached hydrogens (tertiary/aromatic N) is 1. The smallest absolute Gasteiger partial charge is 0.231 e. The molecule has 0 saturated carbocycles. The molecule has 112 valence electrons. The standard InChI is InChI=1S/C16H20ClN3O/c1-2-6-16(7-3-8-19-11-16)15(21)20-14-9-13(17)5-4-12(14)10-18/h4-5,9,19H,2-3,6-8,11H2,1H3,(H,20,21). The lowest BCUT2D eigenvalue weighted by atomic mass is 9.76. The molecule has 1 aromatic rings. The summed E-state index contributed by atoms with van der Waals surface area (Å²) in [6.07, 6.45) is 3.67. The Bertz CT molecular complexity index is 554. The molecule has 0 spiro atoms. The number of hydrogen-bond acceptors (Lipinski definition) is 3. The van der Waals surface area contributed by atoms with Crippen molar-refractivity contribution in [2.24, 2.45) is 5.41 Å². The average molecular weight is 306 g/mol. The van der Waals surface area contributed by atoms with Crippen LogP contribution in [0.1, 0.15) is 38.2 Å². The van der Waals surface area contributed by atoms with E-state index in [-0.39, 0.29) is 11.3 Å². The molecule has 4 nitrogen and oxygen atoms in total. The molecule has 5 heteroatoms. The van der Waals surface area contributed by atoms with Crippen LogP contribution in [0.25, 0.3) is 0 Å². The minimum atomic E-state index is -0.387. The van der Waals surface area contributed by atoms with E-state index in [2.05, 4.69) is 23.6 Å². The first-order valence-corrected chi connectivity index (χ1v) is 7.71. The summed E-state index contributed by atoms with van der Waals surface area (Å²) in [7, 11) is 0. The summed E-state index contributed by atoms with van der Waals surface area (Å²) < 4.78 is 0. The van der Waals surface area contributed by atoms with E-state index in [0.29, 0.717) is 22.8 Å². The number of benzene rings is 1. The van der Waals surface area contributed by atoms with Crippen molar-refractivity contribution in [3.63, 3.8) is 0 Å². The fourth-order valence-corrected chi connectivity index (χ4v) is 3.11. The summed E-state index contributed by atoms with van der Waals surface area (Å²) in [5, 5.41) is 15.9. The van der Waals surface area contributed by atoms with Gasteiger partial charge in [-0.25, -0.2) is 0 Å². The maximum atomic E-state index is 12.8. The third-order valence-corrected chi connectivity index (χ3v) is 4.27. The topological polar surface area (TPSA) is 64.9 Å². The van der Waals surface area contributed by atoms with Crippen LogP contribution in [0.5, 0.6) is 0 Å². The third-order valence-electron chi connectivity index (χ3n) is 4.03. The monoisotopic (exact) mass is 305 g/mol. The Labute approximate surface area is 130 Å². The molecule has 2 rings (SSSR count). The maximum Gasteiger partial charge on any atom is 0.231 e. The van der Waals surface area contributed by atoms with Crippen LogP contribution < -0.4 is 10.6 Å². The van der Waals surface area contributed by atoms with E-state index >= 15 is 0 Å². The molecule has 0 aromatic heterocycles. The van der Waals surface area contributed by atoms with Crippen LogP contribution in [0, 0.1) is 16.7 Å². The zero-order valence-electron chi connectivity index (χ0n) is 12.2. The van der Waals surface area contributed by atoms with Gasteiger partial charge in [0.25, 0.3) is 0 Å². The average Bonchev–Trinajstić information content (AvgIpc) is 2.49. The Balaban J connectivity index is 2.23. The number of piperidine rings is 1. The number of nitriles is 1.